The second-order valence-electron chi connectivity index (χ2n) is 13.7. The van der Waals surface area contributed by atoms with Crippen molar-refractivity contribution in [3.63, 3.8) is 0 Å². The van der Waals surface area contributed by atoms with Gasteiger partial charge in [-0.2, -0.15) is 0 Å². The molecular weight excluding hydrogens is 626 g/mol. The fourth-order valence-electron chi connectivity index (χ4n) is 5.89. The first-order valence-electron chi connectivity index (χ1n) is 20.2. The number of nitrogens with zero attached hydrogens (tertiary/aromatic N) is 1. The van der Waals surface area contributed by atoms with Crippen molar-refractivity contribution in [3.05, 3.63) is 0 Å². The third kappa shape index (κ3) is 33.3. The van der Waals surface area contributed by atoms with Crippen molar-refractivity contribution < 1.29 is 43.9 Å². The van der Waals surface area contributed by atoms with E-state index in [1.165, 1.54) is 64.2 Å². The van der Waals surface area contributed by atoms with Crippen molar-refractivity contribution in [3.8, 4) is 0 Å². The third-order valence-corrected chi connectivity index (χ3v) is 8.86. The number of unbranched alkanes of at least 4 members (excludes halogenated alkanes) is 14. The summed E-state index contributed by atoms with van der Waals surface area (Å²) >= 11 is 0. The highest BCUT2D eigenvalue weighted by Crippen LogP contribution is 2.18. The zero-order valence-corrected chi connectivity index (χ0v) is 31.9. The third-order valence-electron chi connectivity index (χ3n) is 8.86. The topological polar surface area (TPSA) is 135 Å². The van der Waals surface area contributed by atoms with E-state index in [4.69, 9.17) is 18.9 Å². The van der Waals surface area contributed by atoms with Gasteiger partial charge in [0.25, 0.3) is 0 Å². The maximum absolute atomic E-state index is 12.5. The van der Waals surface area contributed by atoms with Gasteiger partial charge in [-0.3, -0.25) is 4.90 Å². The summed E-state index contributed by atoms with van der Waals surface area (Å²) in [4.78, 5) is 26.0. The summed E-state index contributed by atoms with van der Waals surface area (Å²) in [5.74, 6) is 0. The Balaban J connectivity index is 4.32. The zero-order valence-electron chi connectivity index (χ0n) is 31.9. The molecule has 0 aliphatic heterocycles. The Morgan fingerprint density at radius 3 is 1.37 bits per heavy atom. The van der Waals surface area contributed by atoms with Gasteiger partial charge >= 0.3 is 12.3 Å². The van der Waals surface area contributed by atoms with E-state index in [0.717, 1.165) is 44.9 Å². The standard InChI is InChI=1S/C39H77NO9/c1-4-7-10-12-14-16-26-37(27-17-15-13-11-8-5-2)49-39(45)48-32-22-19-25-36(43)34-40(28-23-29-41)33-35(42)24-18-21-31-47-38(44)46-30-20-9-6-3/h35-37,41-43H,4-34H2,1-3H3. The summed E-state index contributed by atoms with van der Waals surface area (Å²) in [5.41, 5.74) is 0. The highest BCUT2D eigenvalue weighted by Gasteiger charge is 2.17. The van der Waals surface area contributed by atoms with Crippen LogP contribution in [0.25, 0.3) is 0 Å². The molecule has 0 aliphatic rings. The normalized spacial score (nSPS) is 12.7. The van der Waals surface area contributed by atoms with Crippen LogP contribution < -0.4 is 0 Å². The number of aliphatic hydroxyl groups is 3. The largest absolute Gasteiger partial charge is 0.508 e. The summed E-state index contributed by atoms with van der Waals surface area (Å²) < 4.78 is 21.3. The van der Waals surface area contributed by atoms with Crippen LogP contribution in [0, 0.1) is 0 Å². The number of carbonyl (C=O) groups excluding carboxylic acids is 2. The van der Waals surface area contributed by atoms with E-state index >= 15 is 0 Å². The van der Waals surface area contributed by atoms with Gasteiger partial charge in [0.1, 0.15) is 6.10 Å². The molecule has 0 fully saturated rings. The lowest BCUT2D eigenvalue weighted by Crippen LogP contribution is -2.39. The maximum Gasteiger partial charge on any atom is 0.508 e. The summed E-state index contributed by atoms with van der Waals surface area (Å²) in [6, 6.07) is 0. The summed E-state index contributed by atoms with van der Waals surface area (Å²) in [5, 5.41) is 30.6. The van der Waals surface area contributed by atoms with Gasteiger partial charge in [-0.25, -0.2) is 9.59 Å². The molecule has 10 nitrogen and oxygen atoms in total. The minimum Gasteiger partial charge on any atom is -0.434 e. The van der Waals surface area contributed by atoms with E-state index in [2.05, 4.69) is 20.8 Å². The number of carbonyl (C=O) groups is 2. The molecule has 3 N–H and O–H groups in total. The molecule has 2 atom stereocenters. The van der Waals surface area contributed by atoms with Gasteiger partial charge in [0.2, 0.25) is 0 Å². The van der Waals surface area contributed by atoms with Gasteiger partial charge in [0, 0.05) is 26.2 Å². The lowest BCUT2D eigenvalue weighted by atomic mass is 10.0. The Kier molecular flexibility index (Phi) is 35.0. The van der Waals surface area contributed by atoms with Crippen molar-refractivity contribution in [1.29, 1.82) is 0 Å². The van der Waals surface area contributed by atoms with Gasteiger partial charge in [0.05, 0.1) is 32.0 Å². The van der Waals surface area contributed by atoms with Gasteiger partial charge < -0.3 is 34.3 Å². The summed E-state index contributed by atoms with van der Waals surface area (Å²) in [6.45, 7) is 8.84. The number of hydrogen-bond acceptors (Lipinski definition) is 10. The van der Waals surface area contributed by atoms with Crippen molar-refractivity contribution >= 4 is 12.3 Å². The second-order valence-corrected chi connectivity index (χ2v) is 13.7. The Morgan fingerprint density at radius 1 is 0.510 bits per heavy atom. The van der Waals surface area contributed by atoms with Crippen LogP contribution in [-0.2, 0) is 18.9 Å². The molecule has 0 rings (SSSR count). The van der Waals surface area contributed by atoms with Crippen LogP contribution in [0.2, 0.25) is 0 Å². The molecule has 0 aromatic carbocycles. The quantitative estimate of drug-likeness (QED) is 0.0428. The average Bonchev–Trinajstić information content (AvgIpc) is 3.08. The predicted octanol–water partition coefficient (Wildman–Crippen LogP) is 9.10. The maximum atomic E-state index is 12.5. The SMILES string of the molecule is CCCCCCCCC(CCCCCCCC)OC(=O)OCCCCC(O)CN(CCCO)CC(O)CCCCOC(=O)OCCCCC. The Hall–Kier alpha value is -1.62. The van der Waals surface area contributed by atoms with Crippen molar-refractivity contribution in [1.82, 2.24) is 4.90 Å². The fraction of sp³-hybridized carbons (Fsp3) is 0.949. The van der Waals surface area contributed by atoms with E-state index in [1.54, 1.807) is 0 Å². The molecule has 49 heavy (non-hydrogen) atoms. The monoisotopic (exact) mass is 704 g/mol. The Labute approximate surface area is 300 Å². The first-order chi connectivity index (χ1) is 23.9. The van der Waals surface area contributed by atoms with Gasteiger partial charge in [-0.15, -0.1) is 0 Å². The first kappa shape index (κ1) is 47.4. The van der Waals surface area contributed by atoms with Gasteiger partial charge in [-0.1, -0.05) is 97.8 Å². The molecule has 292 valence electrons. The lowest BCUT2D eigenvalue weighted by Gasteiger charge is -2.27. The minimum atomic E-state index is -0.640. The fourth-order valence-corrected chi connectivity index (χ4v) is 5.89. The van der Waals surface area contributed by atoms with E-state index < -0.39 is 24.5 Å². The molecule has 0 spiro atoms. The smallest absolute Gasteiger partial charge is 0.434 e. The first-order valence-corrected chi connectivity index (χ1v) is 20.2. The number of aliphatic hydroxyl groups excluding tert-OH is 3. The highest BCUT2D eigenvalue weighted by atomic mass is 16.7. The summed E-state index contributed by atoms with van der Waals surface area (Å²) in [6.07, 6.45) is 21.1. The molecule has 0 bridgehead atoms. The van der Waals surface area contributed by atoms with E-state index in [0.29, 0.717) is 71.2 Å². The Morgan fingerprint density at radius 2 is 0.898 bits per heavy atom. The molecule has 0 radical (unpaired) electrons. The van der Waals surface area contributed by atoms with Gasteiger partial charge in [-0.05, 0) is 77.0 Å². The highest BCUT2D eigenvalue weighted by molar-refractivity contribution is 5.60. The van der Waals surface area contributed by atoms with E-state index in [9.17, 15) is 24.9 Å². The zero-order chi connectivity index (χ0) is 36.2. The molecule has 0 saturated heterocycles. The average molecular weight is 704 g/mol. The molecule has 0 aliphatic carbocycles. The van der Waals surface area contributed by atoms with Crippen LogP contribution in [0.1, 0.15) is 175 Å². The van der Waals surface area contributed by atoms with Gasteiger partial charge in [0.15, 0.2) is 0 Å². The number of rotatable bonds is 36. The Bertz CT molecular complexity index is 711. The molecule has 0 aromatic heterocycles. The van der Waals surface area contributed by atoms with Crippen LogP contribution in [0.5, 0.6) is 0 Å². The lowest BCUT2D eigenvalue weighted by molar-refractivity contribution is 0.0147. The predicted molar refractivity (Wildman–Crippen MR) is 197 cm³/mol. The molecular formula is C39H77NO9. The molecule has 0 saturated carbocycles. The molecule has 0 heterocycles. The van der Waals surface area contributed by atoms with Crippen LogP contribution >= 0.6 is 0 Å². The molecule has 2 unspecified atom stereocenters. The minimum absolute atomic E-state index is 0.0424. The van der Waals surface area contributed by atoms with Crippen LogP contribution in [-0.4, -0.2) is 96.9 Å². The van der Waals surface area contributed by atoms with Crippen LogP contribution in [0.15, 0.2) is 0 Å². The van der Waals surface area contributed by atoms with E-state index in [-0.39, 0.29) is 25.9 Å². The van der Waals surface area contributed by atoms with Crippen LogP contribution in [0.4, 0.5) is 9.59 Å². The van der Waals surface area contributed by atoms with Crippen molar-refractivity contribution in [2.45, 2.75) is 193 Å². The number of ether oxygens (including phenoxy) is 4. The molecule has 0 aromatic rings. The molecule has 10 heteroatoms. The van der Waals surface area contributed by atoms with Crippen molar-refractivity contribution in [2.24, 2.45) is 0 Å². The van der Waals surface area contributed by atoms with Crippen LogP contribution in [0.3, 0.4) is 0 Å². The second kappa shape index (κ2) is 36.2. The number of hydrogen-bond donors (Lipinski definition) is 3. The van der Waals surface area contributed by atoms with E-state index in [1.807, 2.05) is 4.90 Å². The summed E-state index contributed by atoms with van der Waals surface area (Å²) in [7, 11) is 0. The van der Waals surface area contributed by atoms with Crippen molar-refractivity contribution in [2.75, 3.05) is 46.1 Å². The molecule has 0 amide bonds.